The van der Waals surface area contributed by atoms with E-state index in [4.69, 9.17) is 35.5 Å². The Hall–Kier alpha value is -1.27. The molecule has 3 heterocycles. The molecule has 0 amide bonds. The molecule has 0 spiro atoms. The van der Waals surface area contributed by atoms with Gasteiger partial charge in [0, 0.05) is 0 Å². The van der Waals surface area contributed by atoms with Gasteiger partial charge in [-0.05, 0) is 0 Å². The second kappa shape index (κ2) is 10.1. The van der Waals surface area contributed by atoms with E-state index in [1.54, 1.807) is 0 Å². The van der Waals surface area contributed by atoms with Gasteiger partial charge in [0.15, 0.2) is 0 Å². The Morgan fingerprint density at radius 1 is 0.677 bits per heavy atom. The molecule has 31 heavy (non-hydrogen) atoms. The molecule has 3 aromatic heterocycles. The fraction of sp³-hybridized carbons (Fsp3) is 0.591. The number of hydrogen-bond donors (Lipinski definition) is 0. The van der Waals surface area contributed by atoms with Crippen molar-refractivity contribution in [1.82, 2.24) is 29.3 Å². The Balaban J connectivity index is 2.16. The zero-order valence-electron chi connectivity index (χ0n) is 19.1. The van der Waals surface area contributed by atoms with Crippen molar-refractivity contribution in [2.24, 2.45) is 17.8 Å². The van der Waals surface area contributed by atoms with Gasteiger partial charge in [-0.1, -0.05) is 0 Å². The van der Waals surface area contributed by atoms with Crippen molar-refractivity contribution in [3.05, 3.63) is 53.9 Å². The van der Waals surface area contributed by atoms with Crippen molar-refractivity contribution < 1.29 is 12.1 Å². The van der Waals surface area contributed by atoms with E-state index in [-0.39, 0.29) is 0 Å². The summed E-state index contributed by atoms with van der Waals surface area (Å²) < 4.78 is 4.49. The first-order valence-corrected chi connectivity index (χ1v) is 14.6. The summed E-state index contributed by atoms with van der Waals surface area (Å²) in [7, 11) is 13.7. The molecule has 0 radical (unpaired) electrons. The molecule has 0 aromatic carbocycles. The Morgan fingerprint density at radius 3 is 1.19 bits per heavy atom. The molecular formula is C22H33Cl2MnN6. The first kappa shape index (κ1) is 24.4. The Labute approximate surface area is 198 Å². The quantitative estimate of drug-likeness (QED) is 0.343. The average molecular weight is 507 g/mol. The number of halogens is 2. The van der Waals surface area contributed by atoms with Crippen molar-refractivity contribution in [3.63, 3.8) is 0 Å². The predicted octanol–water partition coefficient (Wildman–Crippen LogP) is 5.46. The molecule has 6 nitrogen and oxygen atoms in total. The van der Waals surface area contributed by atoms with E-state index in [2.05, 4.69) is 41.5 Å². The number of aromatic nitrogens is 6. The molecule has 0 N–H and O–H groups in total. The fourth-order valence-corrected chi connectivity index (χ4v) is 6.33. The molecule has 0 bridgehead atoms. The van der Waals surface area contributed by atoms with E-state index >= 15 is 0 Å². The van der Waals surface area contributed by atoms with Gasteiger partial charge in [0.25, 0.3) is 0 Å². The summed E-state index contributed by atoms with van der Waals surface area (Å²) in [5.74, 6) is 1.50. The van der Waals surface area contributed by atoms with Gasteiger partial charge in [0.1, 0.15) is 0 Å². The molecule has 0 unspecified atom stereocenters. The fourth-order valence-electron chi connectivity index (χ4n) is 3.65. The van der Waals surface area contributed by atoms with Crippen LogP contribution in [0.4, 0.5) is 0 Å². The minimum atomic E-state index is -2.11. The van der Waals surface area contributed by atoms with Crippen LogP contribution in [-0.2, 0) is 36.0 Å². The molecule has 9 heteroatoms. The third kappa shape index (κ3) is 5.39. The number of nitrogens with zero attached hydrogens (tertiary/aromatic N) is 6. The monoisotopic (exact) mass is 506 g/mol. The Morgan fingerprint density at radius 2 is 0.968 bits per heavy atom. The predicted molar refractivity (Wildman–Crippen MR) is 123 cm³/mol. The van der Waals surface area contributed by atoms with Crippen LogP contribution in [0.1, 0.15) is 58.6 Å². The molecule has 0 aliphatic carbocycles. The van der Waals surface area contributed by atoms with Gasteiger partial charge < -0.3 is 0 Å². The van der Waals surface area contributed by atoms with Crippen LogP contribution in [0.5, 0.6) is 0 Å². The molecule has 0 fully saturated rings. The van der Waals surface area contributed by atoms with Crippen LogP contribution in [-0.4, -0.2) is 29.3 Å². The van der Waals surface area contributed by atoms with Crippen LogP contribution < -0.4 is 0 Å². The molecule has 3 rings (SSSR count). The van der Waals surface area contributed by atoms with Gasteiger partial charge in [0.2, 0.25) is 0 Å². The number of rotatable bonds is 10. The molecule has 0 aliphatic rings. The summed E-state index contributed by atoms with van der Waals surface area (Å²) in [6.45, 7) is 13.1. The second-order valence-corrected chi connectivity index (χ2v) is 13.7. The van der Waals surface area contributed by atoms with Gasteiger partial charge in [-0.2, -0.15) is 0 Å². The normalized spacial score (nSPS) is 13.1. The zero-order chi connectivity index (χ0) is 22.8. The summed E-state index contributed by atoms with van der Waals surface area (Å²) in [5, 5.41) is 14.7. The van der Waals surface area contributed by atoms with Crippen LogP contribution in [0.2, 0.25) is 0 Å². The Kier molecular flexibility index (Phi) is 7.95. The second-order valence-electron chi connectivity index (χ2n) is 9.30. The zero-order valence-corrected chi connectivity index (χ0v) is 21.8. The standard InChI is InChI=1S/C22H33N6.2ClH.Mn/c1-16(2)13-19-7-10-26(23-19)22(27-11-8-20(24-27)14-17(3)4)28-12-9-21(25-28)15-18(5)6;;;/h7-12,16-18H,13-15H2,1-6H3;2*1H;/q;;;+2/p-2. The van der Waals surface area contributed by atoms with Crippen LogP contribution in [0.15, 0.2) is 36.8 Å². The van der Waals surface area contributed by atoms with Crippen molar-refractivity contribution in [2.45, 2.75) is 65.5 Å². The molecule has 3 aromatic rings. The van der Waals surface area contributed by atoms with Gasteiger partial charge >= 0.3 is 199 Å². The number of hydrogen-bond acceptors (Lipinski definition) is 3. The van der Waals surface area contributed by atoms with Crippen molar-refractivity contribution in [3.8, 4) is 0 Å². The minimum absolute atomic E-state index is 0.499. The summed E-state index contributed by atoms with van der Waals surface area (Å²) in [6.07, 6.45) is 8.48. The Bertz CT molecular complexity index is 855. The van der Waals surface area contributed by atoms with E-state index in [0.717, 1.165) is 36.3 Å². The SMILES string of the molecule is CC(C)Cc1ccn([C](n2ccc(CC(C)C)n2)(n2ccc(CC(C)C)n2)[Mn]([Cl])[Cl])n1. The summed E-state index contributed by atoms with van der Waals surface area (Å²) >= 11 is -2.11. The van der Waals surface area contributed by atoms with Gasteiger partial charge in [0.05, 0.1) is 0 Å². The molecule has 0 aliphatic heterocycles. The van der Waals surface area contributed by atoms with Gasteiger partial charge in [-0.15, -0.1) is 0 Å². The average Bonchev–Trinajstić information content (AvgIpc) is 3.37. The van der Waals surface area contributed by atoms with Gasteiger partial charge in [-0.25, -0.2) is 0 Å². The molecule has 172 valence electrons. The van der Waals surface area contributed by atoms with Crippen molar-refractivity contribution in [2.75, 3.05) is 0 Å². The first-order chi connectivity index (χ1) is 14.6. The third-order valence-corrected chi connectivity index (χ3v) is 7.84. The molecular weight excluding hydrogens is 474 g/mol. The van der Waals surface area contributed by atoms with Crippen LogP contribution in [0.3, 0.4) is 0 Å². The summed E-state index contributed by atoms with van der Waals surface area (Å²) in [4.78, 5) is 0. The van der Waals surface area contributed by atoms with E-state index in [9.17, 15) is 0 Å². The van der Waals surface area contributed by atoms with Crippen molar-refractivity contribution >= 4 is 20.2 Å². The van der Waals surface area contributed by atoms with Gasteiger partial charge in [-0.3, -0.25) is 0 Å². The topological polar surface area (TPSA) is 53.5 Å². The maximum atomic E-state index is 6.84. The third-order valence-electron chi connectivity index (χ3n) is 4.85. The van der Waals surface area contributed by atoms with Crippen LogP contribution in [0, 0.1) is 17.8 Å². The summed E-state index contributed by atoms with van der Waals surface area (Å²) in [6, 6.07) is 6.10. The van der Waals surface area contributed by atoms with E-state index in [1.807, 2.05) is 50.8 Å². The van der Waals surface area contributed by atoms with E-state index in [1.165, 1.54) is 0 Å². The molecule has 0 saturated heterocycles. The summed E-state index contributed by atoms with van der Waals surface area (Å²) in [5.41, 5.74) is 3.00. The maximum absolute atomic E-state index is 6.84. The first-order valence-electron chi connectivity index (χ1n) is 10.8. The van der Waals surface area contributed by atoms with Crippen LogP contribution in [0.25, 0.3) is 0 Å². The van der Waals surface area contributed by atoms with E-state index in [0.29, 0.717) is 17.8 Å². The van der Waals surface area contributed by atoms with Crippen molar-refractivity contribution in [1.29, 1.82) is 0 Å². The molecule has 0 atom stereocenters. The van der Waals surface area contributed by atoms with E-state index < -0.39 is 16.8 Å². The van der Waals surface area contributed by atoms with Crippen LogP contribution >= 0.6 is 20.2 Å². The molecule has 0 saturated carbocycles.